The summed E-state index contributed by atoms with van der Waals surface area (Å²) in [4.78, 5) is 34.2. The summed E-state index contributed by atoms with van der Waals surface area (Å²) >= 11 is 1.56. The number of amides is 2. The van der Waals surface area contributed by atoms with E-state index < -0.39 is 0 Å². The number of hydrogen-bond donors (Lipinski definition) is 0. The predicted octanol–water partition coefficient (Wildman–Crippen LogP) is 4.93. The highest BCUT2D eigenvalue weighted by atomic mass is 32.1. The number of thiazole rings is 1. The van der Waals surface area contributed by atoms with Crippen molar-refractivity contribution in [3.63, 3.8) is 0 Å². The van der Waals surface area contributed by atoms with Gasteiger partial charge >= 0.3 is 0 Å². The molecular formula is C30H31N3O3S. The first-order valence-corrected chi connectivity index (χ1v) is 13.7. The summed E-state index contributed by atoms with van der Waals surface area (Å²) in [6.45, 7) is 2.76. The predicted molar refractivity (Wildman–Crippen MR) is 145 cm³/mol. The van der Waals surface area contributed by atoms with E-state index in [1.165, 1.54) is 5.56 Å². The third kappa shape index (κ3) is 5.86. The van der Waals surface area contributed by atoms with Crippen molar-refractivity contribution in [1.29, 1.82) is 0 Å². The van der Waals surface area contributed by atoms with Gasteiger partial charge in [0.15, 0.2) is 0 Å². The highest BCUT2D eigenvalue weighted by Gasteiger charge is 2.29. The normalized spacial score (nSPS) is 16.7. The average molecular weight is 514 g/mol. The number of carbonyl (C=O) groups excluding carboxylic acids is 2. The lowest BCUT2D eigenvalue weighted by atomic mass is 9.88. The van der Waals surface area contributed by atoms with Crippen molar-refractivity contribution in [3.8, 4) is 17.6 Å². The molecule has 3 heterocycles. The molecule has 2 fully saturated rings. The SMILES string of the molecule is COc1ccccc1C1CCN(C(=O)c2csc(C3CCN(C(=O)C#Cc4ccccc4)CC3)n2)CC1. The van der Waals surface area contributed by atoms with Crippen molar-refractivity contribution >= 4 is 23.2 Å². The van der Waals surface area contributed by atoms with E-state index in [0.717, 1.165) is 55.1 Å². The van der Waals surface area contributed by atoms with Crippen LogP contribution in [0.5, 0.6) is 5.75 Å². The molecule has 0 N–H and O–H groups in total. The zero-order chi connectivity index (χ0) is 25.6. The second-order valence-corrected chi connectivity index (χ2v) is 10.5. The van der Waals surface area contributed by atoms with E-state index in [9.17, 15) is 9.59 Å². The van der Waals surface area contributed by atoms with Crippen LogP contribution in [0.2, 0.25) is 0 Å². The van der Waals surface area contributed by atoms with Gasteiger partial charge in [-0.15, -0.1) is 11.3 Å². The molecule has 0 aliphatic carbocycles. The number of piperidine rings is 2. The maximum atomic E-state index is 13.2. The Morgan fingerprint density at radius 3 is 2.27 bits per heavy atom. The minimum atomic E-state index is -0.131. The number of hydrogen-bond acceptors (Lipinski definition) is 5. The number of ether oxygens (including phenoxy) is 1. The van der Waals surface area contributed by atoms with E-state index in [1.807, 2.05) is 63.7 Å². The maximum Gasteiger partial charge on any atom is 0.298 e. The molecule has 0 unspecified atom stereocenters. The fourth-order valence-electron chi connectivity index (χ4n) is 5.19. The minimum absolute atomic E-state index is 0.0183. The molecule has 0 spiro atoms. The third-order valence-corrected chi connectivity index (χ3v) is 8.33. The van der Waals surface area contributed by atoms with Gasteiger partial charge in [-0.05, 0) is 55.4 Å². The highest BCUT2D eigenvalue weighted by Crippen LogP contribution is 2.35. The first-order chi connectivity index (χ1) is 18.1. The monoisotopic (exact) mass is 513 g/mol. The van der Waals surface area contributed by atoms with Crippen LogP contribution in [0.3, 0.4) is 0 Å². The molecule has 0 saturated carbocycles. The fourth-order valence-corrected chi connectivity index (χ4v) is 6.15. The molecule has 7 heteroatoms. The Morgan fingerprint density at radius 1 is 0.892 bits per heavy atom. The van der Waals surface area contributed by atoms with Gasteiger partial charge in [0.25, 0.3) is 11.8 Å². The number of aromatic nitrogens is 1. The summed E-state index contributed by atoms with van der Waals surface area (Å²) in [6, 6.07) is 17.7. The number of para-hydroxylation sites is 1. The lowest BCUT2D eigenvalue weighted by molar-refractivity contribution is -0.126. The van der Waals surface area contributed by atoms with Crippen LogP contribution in [-0.4, -0.2) is 59.9 Å². The van der Waals surface area contributed by atoms with Gasteiger partial charge in [-0.2, -0.15) is 0 Å². The molecule has 37 heavy (non-hydrogen) atoms. The molecule has 0 atom stereocenters. The molecule has 2 aliphatic heterocycles. The quantitative estimate of drug-likeness (QED) is 0.464. The molecule has 2 aromatic carbocycles. The molecule has 5 rings (SSSR count). The van der Waals surface area contributed by atoms with Gasteiger partial charge in [-0.3, -0.25) is 9.59 Å². The molecule has 2 amide bonds. The Bertz CT molecular complexity index is 1290. The molecule has 1 aromatic heterocycles. The Balaban J connectivity index is 1.13. The van der Waals surface area contributed by atoms with Crippen molar-refractivity contribution in [1.82, 2.24) is 14.8 Å². The van der Waals surface area contributed by atoms with E-state index in [1.54, 1.807) is 18.4 Å². The Labute approximate surface area is 222 Å². The number of carbonyl (C=O) groups is 2. The minimum Gasteiger partial charge on any atom is -0.496 e. The fraction of sp³-hybridized carbons (Fsp3) is 0.367. The van der Waals surface area contributed by atoms with Crippen LogP contribution in [0.1, 0.15) is 64.1 Å². The average Bonchev–Trinajstić information content (AvgIpc) is 3.47. The molecule has 0 bridgehead atoms. The molecule has 3 aromatic rings. The van der Waals surface area contributed by atoms with Gasteiger partial charge in [0.2, 0.25) is 0 Å². The first-order valence-electron chi connectivity index (χ1n) is 12.9. The zero-order valence-corrected chi connectivity index (χ0v) is 21.9. The van der Waals surface area contributed by atoms with Crippen molar-refractivity contribution in [2.75, 3.05) is 33.3 Å². The van der Waals surface area contributed by atoms with Crippen LogP contribution in [0, 0.1) is 11.8 Å². The lowest BCUT2D eigenvalue weighted by Gasteiger charge is -2.32. The maximum absolute atomic E-state index is 13.2. The Kier molecular flexibility index (Phi) is 7.86. The molecular weight excluding hydrogens is 482 g/mol. The van der Waals surface area contributed by atoms with Crippen LogP contribution in [-0.2, 0) is 4.79 Å². The van der Waals surface area contributed by atoms with Crippen molar-refractivity contribution in [3.05, 3.63) is 81.8 Å². The topological polar surface area (TPSA) is 62.7 Å². The van der Waals surface area contributed by atoms with E-state index in [2.05, 4.69) is 17.9 Å². The number of nitrogens with zero attached hydrogens (tertiary/aromatic N) is 3. The van der Waals surface area contributed by atoms with Gasteiger partial charge < -0.3 is 14.5 Å². The van der Waals surface area contributed by atoms with Gasteiger partial charge in [0.1, 0.15) is 11.4 Å². The summed E-state index contributed by atoms with van der Waals surface area (Å²) in [7, 11) is 1.71. The second-order valence-electron chi connectivity index (χ2n) is 9.56. The second kappa shape index (κ2) is 11.6. The number of likely N-dealkylation sites (tertiary alicyclic amines) is 2. The Hall–Kier alpha value is -3.63. The molecule has 2 aliphatic rings. The summed E-state index contributed by atoms with van der Waals surface area (Å²) in [5.74, 6) is 7.20. The van der Waals surface area contributed by atoms with Crippen molar-refractivity contribution in [2.45, 2.75) is 37.5 Å². The van der Waals surface area contributed by atoms with Crippen molar-refractivity contribution in [2.24, 2.45) is 0 Å². The van der Waals surface area contributed by atoms with Crippen LogP contribution >= 0.6 is 11.3 Å². The van der Waals surface area contributed by atoms with Gasteiger partial charge in [0.05, 0.1) is 12.1 Å². The van der Waals surface area contributed by atoms with Crippen LogP contribution < -0.4 is 4.74 Å². The summed E-state index contributed by atoms with van der Waals surface area (Å²) in [6.07, 6.45) is 3.51. The highest BCUT2D eigenvalue weighted by molar-refractivity contribution is 7.09. The largest absolute Gasteiger partial charge is 0.496 e. The van der Waals surface area contributed by atoms with E-state index in [4.69, 9.17) is 9.72 Å². The first kappa shape index (κ1) is 25.0. The molecule has 0 radical (unpaired) electrons. The van der Waals surface area contributed by atoms with Gasteiger partial charge in [-0.1, -0.05) is 42.3 Å². The number of methoxy groups -OCH3 is 1. The standard InChI is InChI=1S/C30H31N3O3S/c1-36-27-10-6-5-9-25(27)23-13-19-33(20-14-23)30(35)26-21-37-29(31-26)24-15-17-32(18-16-24)28(34)12-11-22-7-3-2-4-8-22/h2-10,21,23-24H,13-20H2,1H3. The summed E-state index contributed by atoms with van der Waals surface area (Å²) in [5.41, 5.74) is 2.61. The van der Waals surface area contributed by atoms with Crippen LogP contribution in [0.15, 0.2) is 60.0 Å². The smallest absolute Gasteiger partial charge is 0.298 e. The van der Waals surface area contributed by atoms with E-state index in [-0.39, 0.29) is 17.7 Å². The molecule has 190 valence electrons. The third-order valence-electron chi connectivity index (χ3n) is 7.32. The van der Waals surface area contributed by atoms with Crippen molar-refractivity contribution < 1.29 is 14.3 Å². The Morgan fingerprint density at radius 2 is 1.54 bits per heavy atom. The molecule has 2 saturated heterocycles. The van der Waals surface area contributed by atoms with E-state index in [0.29, 0.717) is 24.7 Å². The zero-order valence-electron chi connectivity index (χ0n) is 21.1. The van der Waals surface area contributed by atoms with E-state index >= 15 is 0 Å². The lowest BCUT2D eigenvalue weighted by Crippen LogP contribution is -2.38. The van der Waals surface area contributed by atoms with Crippen LogP contribution in [0.25, 0.3) is 0 Å². The number of benzene rings is 2. The van der Waals surface area contributed by atoms with Gasteiger partial charge in [-0.25, -0.2) is 4.98 Å². The van der Waals surface area contributed by atoms with Gasteiger partial charge in [0, 0.05) is 49.0 Å². The number of rotatable bonds is 4. The molecule has 6 nitrogen and oxygen atoms in total. The van der Waals surface area contributed by atoms with Crippen LogP contribution in [0.4, 0.5) is 0 Å². The summed E-state index contributed by atoms with van der Waals surface area (Å²) in [5, 5.41) is 2.89. The summed E-state index contributed by atoms with van der Waals surface area (Å²) < 4.78 is 5.54.